The number of aliphatic hydroxyl groups excluding tert-OH is 1. The van der Waals surface area contributed by atoms with Crippen molar-refractivity contribution in [3.05, 3.63) is 116 Å². The van der Waals surface area contributed by atoms with Crippen molar-refractivity contribution in [2.24, 2.45) is 50.5 Å². The number of ether oxygens (including phenoxy) is 2. The molecule has 6 rings (SSSR count). The van der Waals surface area contributed by atoms with Crippen LogP contribution in [0.1, 0.15) is 133 Å². The van der Waals surface area contributed by atoms with Crippen LogP contribution in [0.2, 0.25) is 0 Å². The van der Waals surface area contributed by atoms with Crippen molar-refractivity contribution < 1.29 is 29.0 Å². The third kappa shape index (κ3) is 10.3. The van der Waals surface area contributed by atoms with Gasteiger partial charge in [0.15, 0.2) is 5.78 Å². The molecule has 0 spiro atoms. The molecule has 8 bridgehead atoms. The lowest BCUT2D eigenvalue weighted by molar-refractivity contribution is -0.146. The molecule has 0 radical (unpaired) electrons. The topological polar surface area (TPSA) is 139 Å². The fourth-order valence-corrected chi connectivity index (χ4v) is 9.89. The summed E-state index contributed by atoms with van der Waals surface area (Å²) in [5, 5.41) is 14.1. The Labute approximate surface area is 381 Å². The fraction of sp³-hybridized carbons (Fsp3) is 0.519. The number of ketones is 1. The third-order valence-electron chi connectivity index (χ3n) is 14.0. The lowest BCUT2D eigenvalue weighted by Crippen LogP contribution is -2.26. The van der Waals surface area contributed by atoms with Crippen LogP contribution in [0.15, 0.2) is 131 Å². The maximum absolute atomic E-state index is 14.4. The lowest BCUT2D eigenvalue weighted by Gasteiger charge is -2.19. The number of nitrogens with one attached hydrogen (secondary N) is 1. The quantitative estimate of drug-likeness (QED) is 0.0570. The Morgan fingerprint density at radius 3 is 2.31 bits per heavy atom. The van der Waals surface area contributed by atoms with Gasteiger partial charge >= 0.3 is 11.9 Å². The highest BCUT2D eigenvalue weighted by Gasteiger charge is 2.52. The van der Waals surface area contributed by atoms with Crippen LogP contribution in [0.5, 0.6) is 0 Å². The van der Waals surface area contributed by atoms with E-state index < -0.39 is 11.9 Å². The molecule has 0 aromatic rings. The number of Topliss-reactive ketones (excluding diaryl/α,β-unsaturated/α-hetero) is 1. The summed E-state index contributed by atoms with van der Waals surface area (Å²) in [7, 11) is 1.29. The summed E-state index contributed by atoms with van der Waals surface area (Å²) in [5.41, 5.74) is 10.9. The van der Waals surface area contributed by atoms with E-state index in [2.05, 4.69) is 53.4 Å². The standard InChI is InChI=1S/C54H70N4O6/c1-12-37-34(8)41-26-42-35(9)39(22-23-47(60)64-25-24-33(7)19-15-17-31(5)16-14-18-32(6)21-20-30(3)4)51(57-42)49-50(54(62)63-11)53(61)48-36(10)43(58-52(48)49)27-45-38(13-2)40(29-59)46(56-45)28-44(37)55-41/h12,24,26-32,35,39,50,57,59H,1,13-23,25H2,2-11H3/t31-,32+,35-,39-,50+/m1/s1. The van der Waals surface area contributed by atoms with Crippen LogP contribution in [0.25, 0.3) is 0 Å². The molecule has 0 amide bonds. The van der Waals surface area contributed by atoms with Crippen LogP contribution in [0.3, 0.4) is 0 Å². The number of carbonyl (C=O) groups is 3. The molecule has 5 heterocycles. The Kier molecular flexibility index (Phi) is 15.8. The molecule has 2 N–H and O–H groups in total. The van der Waals surface area contributed by atoms with Gasteiger partial charge < -0.3 is 19.9 Å². The minimum absolute atomic E-state index is 0.138. The number of hydrogen-bond donors (Lipinski definition) is 2. The van der Waals surface area contributed by atoms with Gasteiger partial charge in [0.2, 0.25) is 0 Å². The van der Waals surface area contributed by atoms with Crippen LogP contribution in [-0.4, -0.2) is 53.7 Å². The zero-order valence-corrected chi connectivity index (χ0v) is 40.0. The first-order chi connectivity index (χ1) is 30.6. The van der Waals surface area contributed by atoms with Gasteiger partial charge in [0.1, 0.15) is 12.5 Å². The first-order valence-corrected chi connectivity index (χ1v) is 23.6. The van der Waals surface area contributed by atoms with E-state index in [1.165, 1.54) is 51.2 Å². The van der Waals surface area contributed by atoms with E-state index in [0.717, 1.165) is 53.4 Å². The molecule has 0 unspecified atom stereocenters. The van der Waals surface area contributed by atoms with Crippen molar-refractivity contribution in [1.29, 1.82) is 0 Å². The molecule has 6 aliphatic rings. The molecule has 0 aromatic carbocycles. The van der Waals surface area contributed by atoms with Gasteiger partial charge in [0.05, 0.1) is 47.6 Å². The minimum atomic E-state index is -1.23. The van der Waals surface area contributed by atoms with Crippen molar-refractivity contribution in [2.45, 2.75) is 133 Å². The second kappa shape index (κ2) is 21.1. The SMILES string of the molecule is C=CC1=C(C)C2=NC1=CC1=NC(=C(CC)C1=CO)C=C1N=C3C(=C1C)C(=O)[C@@H](C(=O)OC)C3=C1NC(=C2)[C@H](C)[C@H]1CCC(=O)OCC=C(C)CCC[C@H](C)CCC[C@H](C)CCC(C)C. The van der Waals surface area contributed by atoms with Gasteiger partial charge in [-0.2, -0.15) is 0 Å². The van der Waals surface area contributed by atoms with Crippen molar-refractivity contribution in [1.82, 2.24) is 5.32 Å². The van der Waals surface area contributed by atoms with Crippen LogP contribution in [0, 0.1) is 35.5 Å². The predicted molar refractivity (Wildman–Crippen MR) is 258 cm³/mol. The van der Waals surface area contributed by atoms with Gasteiger partial charge in [-0.1, -0.05) is 98.3 Å². The number of carbonyl (C=O) groups excluding carboxylic acids is 3. The number of nitrogens with zero attached hydrogens (tertiary/aromatic N) is 3. The fourth-order valence-electron chi connectivity index (χ4n) is 9.89. The van der Waals surface area contributed by atoms with E-state index in [-0.39, 0.29) is 36.6 Å². The molecule has 1 aliphatic carbocycles. The summed E-state index contributed by atoms with van der Waals surface area (Å²) in [4.78, 5) is 56.4. The number of fused-ring (bicyclic) bond motifs is 5. The number of methoxy groups -OCH3 is 1. The molecule has 64 heavy (non-hydrogen) atoms. The average Bonchev–Trinajstić information content (AvgIpc) is 4.02. The molecule has 10 nitrogen and oxygen atoms in total. The van der Waals surface area contributed by atoms with Crippen LogP contribution in [0.4, 0.5) is 0 Å². The van der Waals surface area contributed by atoms with Crippen molar-refractivity contribution >= 4 is 34.9 Å². The summed E-state index contributed by atoms with van der Waals surface area (Å²) in [5.74, 6) is -0.754. The maximum Gasteiger partial charge on any atom is 0.321 e. The smallest absolute Gasteiger partial charge is 0.321 e. The third-order valence-corrected chi connectivity index (χ3v) is 14.0. The molecule has 1 saturated carbocycles. The molecule has 0 aromatic heterocycles. The molecule has 5 aliphatic heterocycles. The number of hydrogen-bond acceptors (Lipinski definition) is 10. The minimum Gasteiger partial charge on any atom is -0.515 e. The molecule has 1 saturated heterocycles. The zero-order valence-electron chi connectivity index (χ0n) is 40.0. The zero-order chi connectivity index (χ0) is 46.4. The number of allylic oxidation sites excluding steroid dienone is 12. The van der Waals surface area contributed by atoms with Gasteiger partial charge in [0.25, 0.3) is 0 Å². The first kappa shape index (κ1) is 48.1. The van der Waals surface area contributed by atoms with E-state index >= 15 is 0 Å². The second-order valence-electron chi connectivity index (χ2n) is 19.1. The maximum atomic E-state index is 14.4. The highest BCUT2D eigenvalue weighted by atomic mass is 16.5. The molecule has 342 valence electrons. The highest BCUT2D eigenvalue weighted by Crippen LogP contribution is 2.47. The van der Waals surface area contributed by atoms with Crippen molar-refractivity contribution in [3.8, 4) is 0 Å². The monoisotopic (exact) mass is 871 g/mol. The van der Waals surface area contributed by atoms with Crippen LogP contribution >= 0.6 is 0 Å². The van der Waals surface area contributed by atoms with Crippen LogP contribution in [-0.2, 0) is 23.9 Å². The van der Waals surface area contributed by atoms with E-state index in [1.54, 1.807) is 6.08 Å². The van der Waals surface area contributed by atoms with E-state index in [9.17, 15) is 19.5 Å². The normalized spacial score (nSPS) is 23.4. The largest absolute Gasteiger partial charge is 0.515 e. The van der Waals surface area contributed by atoms with Crippen LogP contribution < -0.4 is 5.32 Å². The van der Waals surface area contributed by atoms with Gasteiger partial charge in [0, 0.05) is 51.9 Å². The summed E-state index contributed by atoms with van der Waals surface area (Å²) >= 11 is 0. The van der Waals surface area contributed by atoms with Crippen molar-refractivity contribution in [2.75, 3.05) is 13.7 Å². The number of aliphatic imine (C=N–C) groups is 3. The van der Waals surface area contributed by atoms with Gasteiger partial charge in [-0.05, 0) is 105 Å². The summed E-state index contributed by atoms with van der Waals surface area (Å²) in [6.45, 7) is 23.7. The average molecular weight is 871 g/mol. The Morgan fingerprint density at radius 1 is 0.922 bits per heavy atom. The first-order valence-electron chi connectivity index (χ1n) is 23.6. The molecular weight excluding hydrogens is 801 g/mol. The number of aliphatic hydroxyl groups is 1. The number of esters is 2. The van der Waals surface area contributed by atoms with Crippen molar-refractivity contribution in [3.63, 3.8) is 0 Å². The van der Waals surface area contributed by atoms with Gasteiger partial charge in [-0.25, -0.2) is 15.0 Å². The van der Waals surface area contributed by atoms with E-state index in [4.69, 9.17) is 24.5 Å². The Hall–Kier alpha value is -5.38. The highest BCUT2D eigenvalue weighted by molar-refractivity contribution is 6.42. The summed E-state index contributed by atoms with van der Waals surface area (Å²) in [6, 6.07) is 0. The molecular formula is C54H70N4O6. The Bertz CT molecular complexity index is 2330. The predicted octanol–water partition coefficient (Wildman–Crippen LogP) is 11.7. The van der Waals surface area contributed by atoms with Gasteiger partial charge in [-0.15, -0.1) is 0 Å². The molecule has 2 fully saturated rings. The summed E-state index contributed by atoms with van der Waals surface area (Å²) in [6.07, 6.45) is 21.5. The molecule has 10 heteroatoms. The number of rotatable bonds is 19. The Balaban J connectivity index is 1.24. The lowest BCUT2D eigenvalue weighted by atomic mass is 9.85. The Morgan fingerprint density at radius 2 is 1.64 bits per heavy atom. The van der Waals surface area contributed by atoms with E-state index in [0.29, 0.717) is 81.0 Å². The second-order valence-corrected chi connectivity index (χ2v) is 19.1. The van der Waals surface area contributed by atoms with Gasteiger partial charge in [-0.3, -0.25) is 14.4 Å². The van der Waals surface area contributed by atoms with E-state index in [1.807, 2.05) is 45.1 Å². The summed E-state index contributed by atoms with van der Waals surface area (Å²) < 4.78 is 11.0. The molecule has 5 atom stereocenters.